The number of nitriles is 1. The van der Waals surface area contributed by atoms with Gasteiger partial charge in [-0.05, 0) is 41.6 Å². The van der Waals surface area contributed by atoms with Gasteiger partial charge in [0.25, 0.3) is 0 Å². The number of nitrogens with zero attached hydrogens (tertiary/aromatic N) is 2. The number of amidine groups is 1. The molecule has 100 valence electrons. The lowest BCUT2D eigenvalue weighted by Crippen LogP contribution is -2.12. The first kappa shape index (κ1) is 14.0. The van der Waals surface area contributed by atoms with E-state index in [1.54, 1.807) is 12.1 Å². The van der Waals surface area contributed by atoms with Crippen LogP contribution in [0.4, 0.5) is 5.69 Å². The number of benzene rings is 2. The third-order valence-corrected chi connectivity index (χ3v) is 3.21. The van der Waals surface area contributed by atoms with Crippen molar-refractivity contribution < 1.29 is 5.11 Å². The number of aliphatic imine (C=N–C) groups is 1. The Kier molecular flexibility index (Phi) is 4.64. The first-order chi connectivity index (χ1) is 9.72. The standard InChI is InChI=1S/C15H13N3OS/c1-20-15(17-10-16)18-13-4-2-3-12(9-13)11-5-7-14(19)8-6-11/h2-9,19H,1H3,(H,17,18). The number of thioether (sulfide) groups is 1. The third-order valence-electron chi connectivity index (χ3n) is 2.63. The monoisotopic (exact) mass is 283 g/mol. The maximum absolute atomic E-state index is 9.30. The Labute approximate surface area is 121 Å². The van der Waals surface area contributed by atoms with Gasteiger partial charge in [-0.1, -0.05) is 36.0 Å². The molecule has 0 aliphatic carbocycles. The maximum atomic E-state index is 9.30. The third kappa shape index (κ3) is 3.53. The van der Waals surface area contributed by atoms with Gasteiger partial charge < -0.3 is 5.11 Å². The van der Waals surface area contributed by atoms with Crippen LogP contribution < -0.4 is 5.32 Å². The van der Waals surface area contributed by atoms with Crippen LogP contribution in [-0.2, 0) is 0 Å². The van der Waals surface area contributed by atoms with Gasteiger partial charge in [-0.3, -0.25) is 5.32 Å². The molecule has 2 aromatic rings. The van der Waals surface area contributed by atoms with Crippen LogP contribution in [0.25, 0.3) is 11.1 Å². The van der Waals surface area contributed by atoms with Crippen LogP contribution in [0.2, 0.25) is 0 Å². The summed E-state index contributed by atoms with van der Waals surface area (Å²) in [5.41, 5.74) is 2.77. The molecule has 2 rings (SSSR count). The summed E-state index contributed by atoms with van der Waals surface area (Å²) in [6.07, 6.45) is 3.72. The molecule has 0 fully saturated rings. The van der Waals surface area contributed by atoms with Crippen molar-refractivity contribution in [1.29, 1.82) is 5.26 Å². The van der Waals surface area contributed by atoms with Crippen LogP contribution in [0.1, 0.15) is 0 Å². The second-order valence-corrected chi connectivity index (χ2v) is 4.75. The number of rotatable bonds is 2. The van der Waals surface area contributed by atoms with E-state index in [1.807, 2.05) is 48.8 Å². The minimum absolute atomic E-state index is 0.241. The average molecular weight is 283 g/mol. The number of hydrogen-bond donors (Lipinski definition) is 2. The zero-order valence-corrected chi connectivity index (χ0v) is 11.7. The van der Waals surface area contributed by atoms with Gasteiger partial charge in [0.05, 0.1) is 5.69 Å². The van der Waals surface area contributed by atoms with Crippen molar-refractivity contribution in [3.63, 3.8) is 0 Å². The SMILES string of the molecule is CSC(=Nc1cccc(-c2ccc(O)cc2)c1)NC#N. The maximum Gasteiger partial charge on any atom is 0.183 e. The predicted octanol–water partition coefficient (Wildman–Crippen LogP) is 3.48. The summed E-state index contributed by atoms with van der Waals surface area (Å²) >= 11 is 1.38. The van der Waals surface area contributed by atoms with Crippen molar-refractivity contribution >= 4 is 22.6 Å². The van der Waals surface area contributed by atoms with Crippen LogP contribution >= 0.6 is 11.8 Å². The van der Waals surface area contributed by atoms with Gasteiger partial charge in [0.15, 0.2) is 11.4 Å². The number of hydrogen-bond acceptors (Lipinski definition) is 4. The van der Waals surface area contributed by atoms with E-state index < -0.39 is 0 Å². The lowest BCUT2D eigenvalue weighted by molar-refractivity contribution is 0.475. The van der Waals surface area contributed by atoms with E-state index >= 15 is 0 Å². The second-order valence-electron chi connectivity index (χ2n) is 3.96. The molecule has 0 atom stereocenters. The highest BCUT2D eigenvalue weighted by molar-refractivity contribution is 8.13. The minimum atomic E-state index is 0.241. The van der Waals surface area contributed by atoms with Crippen molar-refractivity contribution in [2.24, 2.45) is 4.99 Å². The normalized spacial score (nSPS) is 10.9. The average Bonchev–Trinajstić information content (AvgIpc) is 2.48. The molecule has 0 spiro atoms. The molecule has 0 unspecified atom stereocenters. The van der Waals surface area contributed by atoms with Crippen molar-refractivity contribution in [1.82, 2.24) is 5.32 Å². The van der Waals surface area contributed by atoms with Crippen molar-refractivity contribution in [3.05, 3.63) is 48.5 Å². The van der Waals surface area contributed by atoms with Crippen molar-refractivity contribution in [3.8, 4) is 23.1 Å². The molecule has 0 aromatic heterocycles. The number of phenolic OH excluding ortho intramolecular Hbond substituents is 1. The first-order valence-corrected chi connectivity index (χ1v) is 7.12. The Morgan fingerprint density at radius 3 is 2.60 bits per heavy atom. The van der Waals surface area contributed by atoms with Crippen molar-refractivity contribution in [2.75, 3.05) is 6.26 Å². The van der Waals surface area contributed by atoms with Crippen LogP contribution in [0.5, 0.6) is 5.75 Å². The Bertz CT molecular complexity index is 660. The van der Waals surface area contributed by atoms with Crippen molar-refractivity contribution in [2.45, 2.75) is 0 Å². The highest BCUT2D eigenvalue weighted by atomic mass is 32.2. The summed E-state index contributed by atoms with van der Waals surface area (Å²) in [4.78, 5) is 4.37. The Hall–Kier alpha value is -2.45. The molecule has 0 amide bonds. The molecule has 5 heteroatoms. The quantitative estimate of drug-likeness (QED) is 0.383. The van der Waals surface area contributed by atoms with Crippen LogP contribution in [0.3, 0.4) is 0 Å². The van der Waals surface area contributed by atoms with E-state index in [2.05, 4.69) is 10.3 Å². The molecule has 0 radical (unpaired) electrons. The van der Waals surface area contributed by atoms with Gasteiger partial charge in [-0.25, -0.2) is 4.99 Å². The molecule has 20 heavy (non-hydrogen) atoms. The molecule has 0 aliphatic rings. The van der Waals surface area contributed by atoms with Crippen LogP contribution in [0, 0.1) is 11.5 Å². The molecule has 0 saturated carbocycles. The molecule has 2 N–H and O–H groups in total. The Morgan fingerprint density at radius 1 is 1.20 bits per heavy atom. The summed E-state index contributed by atoms with van der Waals surface area (Å²) < 4.78 is 0. The molecule has 4 nitrogen and oxygen atoms in total. The zero-order valence-electron chi connectivity index (χ0n) is 10.9. The second kappa shape index (κ2) is 6.64. The topological polar surface area (TPSA) is 68.4 Å². The van der Waals surface area contributed by atoms with E-state index in [9.17, 15) is 5.11 Å². The molecule has 2 aromatic carbocycles. The summed E-state index contributed by atoms with van der Waals surface area (Å²) in [7, 11) is 0. The van der Waals surface area contributed by atoms with Gasteiger partial charge >= 0.3 is 0 Å². The first-order valence-electron chi connectivity index (χ1n) is 5.90. The van der Waals surface area contributed by atoms with Gasteiger partial charge in [-0.15, -0.1) is 0 Å². The van der Waals surface area contributed by atoms with E-state index in [4.69, 9.17) is 5.26 Å². The van der Waals surface area contributed by atoms with Gasteiger partial charge in [-0.2, -0.15) is 5.26 Å². The fourth-order valence-corrected chi connectivity index (χ4v) is 2.04. The lowest BCUT2D eigenvalue weighted by atomic mass is 10.1. The van der Waals surface area contributed by atoms with Crippen LogP contribution in [-0.4, -0.2) is 16.5 Å². The highest BCUT2D eigenvalue weighted by Crippen LogP contribution is 2.26. The summed E-state index contributed by atoms with van der Waals surface area (Å²) in [6.45, 7) is 0. The van der Waals surface area contributed by atoms with Gasteiger partial charge in [0, 0.05) is 0 Å². The predicted molar refractivity (Wildman–Crippen MR) is 82.9 cm³/mol. The fraction of sp³-hybridized carbons (Fsp3) is 0.0667. The molecule has 0 bridgehead atoms. The Morgan fingerprint density at radius 2 is 1.95 bits per heavy atom. The van der Waals surface area contributed by atoms with E-state index in [1.165, 1.54) is 11.8 Å². The molecule has 0 heterocycles. The van der Waals surface area contributed by atoms with Gasteiger partial charge in [0.1, 0.15) is 5.75 Å². The highest BCUT2D eigenvalue weighted by Gasteiger charge is 2.01. The van der Waals surface area contributed by atoms with E-state index in [0.717, 1.165) is 16.8 Å². The number of phenols is 1. The lowest BCUT2D eigenvalue weighted by Gasteiger charge is -2.04. The summed E-state index contributed by atoms with van der Waals surface area (Å²) in [5, 5.41) is 21.0. The van der Waals surface area contributed by atoms with Gasteiger partial charge in [0.2, 0.25) is 0 Å². The molecular weight excluding hydrogens is 270 g/mol. The minimum Gasteiger partial charge on any atom is -0.508 e. The van der Waals surface area contributed by atoms with E-state index in [-0.39, 0.29) is 5.75 Å². The van der Waals surface area contributed by atoms with Crippen LogP contribution in [0.15, 0.2) is 53.5 Å². The smallest absolute Gasteiger partial charge is 0.183 e. The van der Waals surface area contributed by atoms with E-state index in [0.29, 0.717) is 5.17 Å². The zero-order chi connectivity index (χ0) is 14.4. The summed E-state index contributed by atoms with van der Waals surface area (Å²) in [6, 6.07) is 14.7. The molecule has 0 aliphatic heterocycles. The number of nitrogens with one attached hydrogen (secondary N) is 1. The fourth-order valence-electron chi connectivity index (χ4n) is 1.70. The molecule has 0 saturated heterocycles. The number of aromatic hydroxyl groups is 1. The molecular formula is C15H13N3OS. The largest absolute Gasteiger partial charge is 0.508 e. The summed E-state index contributed by atoms with van der Waals surface area (Å²) in [5.74, 6) is 0.241. The Balaban J connectivity index is 2.33.